The number of aliphatic imine (C=N–C) groups is 1. The fourth-order valence-electron chi connectivity index (χ4n) is 1.33. The number of nitrogens with two attached hydrogens (primary N) is 1. The van der Waals surface area contributed by atoms with Crippen molar-refractivity contribution < 1.29 is 14.6 Å². The van der Waals surface area contributed by atoms with Gasteiger partial charge < -0.3 is 15.6 Å². The lowest BCUT2D eigenvalue weighted by atomic mass is 10.2. The van der Waals surface area contributed by atoms with Crippen molar-refractivity contribution in [3.63, 3.8) is 0 Å². The lowest BCUT2D eigenvalue weighted by molar-refractivity contribution is 0.145. The van der Waals surface area contributed by atoms with E-state index in [1.165, 1.54) is 0 Å². The van der Waals surface area contributed by atoms with Crippen LogP contribution in [-0.4, -0.2) is 30.3 Å². The number of amides is 1. The van der Waals surface area contributed by atoms with Crippen LogP contribution in [0.15, 0.2) is 35.3 Å². The van der Waals surface area contributed by atoms with Crippen molar-refractivity contribution in [1.29, 1.82) is 0 Å². The normalized spacial score (nSPS) is 11.1. The average Bonchev–Trinajstić information content (AvgIpc) is 2.42. The first-order valence-electron chi connectivity index (χ1n) is 6.11. The number of aliphatic hydroxyl groups is 1. The van der Waals surface area contributed by atoms with Crippen LogP contribution in [0, 0.1) is 0 Å². The zero-order valence-electron chi connectivity index (χ0n) is 10.7. The number of benzene rings is 1. The van der Waals surface area contributed by atoms with Crippen LogP contribution in [0.1, 0.15) is 18.4 Å². The standard InChI is InChI=1S/C13H19N3O3/c14-12(15-8-4-5-9-17)16-13(18)19-10-11-6-2-1-3-7-11/h1-3,6-7,17H,4-5,8-10H2,(H3,14,15,16,18). The van der Waals surface area contributed by atoms with Crippen molar-refractivity contribution in [2.45, 2.75) is 19.4 Å². The van der Waals surface area contributed by atoms with E-state index in [1.54, 1.807) is 0 Å². The molecule has 1 rings (SSSR count). The highest BCUT2D eigenvalue weighted by Crippen LogP contribution is 2.00. The summed E-state index contributed by atoms with van der Waals surface area (Å²) in [4.78, 5) is 15.3. The molecule has 104 valence electrons. The molecule has 0 bridgehead atoms. The Morgan fingerprint density at radius 3 is 2.74 bits per heavy atom. The Labute approximate surface area is 112 Å². The highest BCUT2D eigenvalue weighted by molar-refractivity contribution is 5.92. The third kappa shape index (κ3) is 7.05. The van der Waals surface area contributed by atoms with Crippen LogP contribution in [0.5, 0.6) is 0 Å². The quantitative estimate of drug-likeness (QED) is 0.406. The Balaban J connectivity index is 2.23. The van der Waals surface area contributed by atoms with Gasteiger partial charge in [-0.15, -0.1) is 0 Å². The zero-order valence-corrected chi connectivity index (χ0v) is 10.7. The summed E-state index contributed by atoms with van der Waals surface area (Å²) in [5, 5.41) is 10.9. The van der Waals surface area contributed by atoms with Crippen LogP contribution < -0.4 is 11.1 Å². The molecule has 0 aliphatic carbocycles. The molecule has 1 amide bonds. The molecule has 6 heteroatoms. The first kappa shape index (κ1) is 15.0. The fraction of sp³-hybridized carbons (Fsp3) is 0.385. The van der Waals surface area contributed by atoms with Gasteiger partial charge in [0, 0.05) is 13.2 Å². The third-order valence-electron chi connectivity index (χ3n) is 2.29. The summed E-state index contributed by atoms with van der Waals surface area (Å²) in [5.41, 5.74) is 6.40. The van der Waals surface area contributed by atoms with Crippen LogP contribution >= 0.6 is 0 Å². The number of guanidine groups is 1. The number of aliphatic hydroxyl groups excluding tert-OH is 1. The number of ether oxygens (including phenoxy) is 1. The Morgan fingerprint density at radius 2 is 2.05 bits per heavy atom. The van der Waals surface area contributed by atoms with Gasteiger partial charge >= 0.3 is 6.09 Å². The highest BCUT2D eigenvalue weighted by atomic mass is 16.5. The maximum Gasteiger partial charge on any atom is 0.414 e. The minimum Gasteiger partial charge on any atom is -0.444 e. The SMILES string of the molecule is NC(=NCCCCO)NC(=O)OCc1ccccc1. The van der Waals surface area contributed by atoms with E-state index in [9.17, 15) is 4.79 Å². The molecule has 0 radical (unpaired) electrons. The summed E-state index contributed by atoms with van der Waals surface area (Å²) in [6, 6.07) is 9.35. The second-order valence-electron chi connectivity index (χ2n) is 3.88. The van der Waals surface area contributed by atoms with E-state index in [0.717, 1.165) is 12.0 Å². The highest BCUT2D eigenvalue weighted by Gasteiger charge is 2.03. The molecule has 0 atom stereocenters. The molecule has 0 heterocycles. The topological polar surface area (TPSA) is 96.9 Å². The predicted octanol–water partition coefficient (Wildman–Crippen LogP) is 1.000. The van der Waals surface area contributed by atoms with Crippen molar-refractivity contribution in [2.75, 3.05) is 13.2 Å². The Bertz CT molecular complexity index is 407. The number of rotatable bonds is 6. The molecule has 0 aliphatic rings. The Kier molecular flexibility index (Phi) is 7.04. The molecule has 19 heavy (non-hydrogen) atoms. The van der Waals surface area contributed by atoms with Crippen molar-refractivity contribution in [2.24, 2.45) is 10.7 Å². The maximum absolute atomic E-state index is 11.4. The monoisotopic (exact) mass is 265 g/mol. The number of alkyl carbamates (subject to hydrolysis) is 1. The van der Waals surface area contributed by atoms with E-state index >= 15 is 0 Å². The van der Waals surface area contributed by atoms with E-state index in [2.05, 4.69) is 10.3 Å². The van der Waals surface area contributed by atoms with Gasteiger partial charge in [-0.2, -0.15) is 0 Å². The van der Waals surface area contributed by atoms with Gasteiger partial charge in [-0.1, -0.05) is 30.3 Å². The van der Waals surface area contributed by atoms with Crippen molar-refractivity contribution in [3.05, 3.63) is 35.9 Å². The van der Waals surface area contributed by atoms with Gasteiger partial charge in [-0.3, -0.25) is 10.3 Å². The zero-order chi connectivity index (χ0) is 13.9. The molecule has 0 unspecified atom stereocenters. The van der Waals surface area contributed by atoms with E-state index < -0.39 is 6.09 Å². The fourth-order valence-corrected chi connectivity index (χ4v) is 1.33. The summed E-state index contributed by atoms with van der Waals surface area (Å²) in [7, 11) is 0. The van der Waals surface area contributed by atoms with Gasteiger partial charge in [0.25, 0.3) is 0 Å². The number of unbranched alkanes of at least 4 members (excludes halogenated alkanes) is 1. The van der Waals surface area contributed by atoms with Crippen molar-refractivity contribution >= 4 is 12.1 Å². The van der Waals surface area contributed by atoms with E-state index in [-0.39, 0.29) is 19.2 Å². The largest absolute Gasteiger partial charge is 0.444 e. The molecular weight excluding hydrogens is 246 g/mol. The number of nitrogens with zero attached hydrogens (tertiary/aromatic N) is 1. The third-order valence-corrected chi connectivity index (χ3v) is 2.29. The molecule has 1 aromatic rings. The summed E-state index contributed by atoms with van der Waals surface area (Å²) in [6.45, 7) is 0.776. The number of nitrogens with one attached hydrogen (secondary N) is 1. The van der Waals surface area contributed by atoms with E-state index in [0.29, 0.717) is 13.0 Å². The summed E-state index contributed by atoms with van der Waals surface area (Å²) in [6.07, 6.45) is 0.750. The van der Waals surface area contributed by atoms with Crippen LogP contribution in [-0.2, 0) is 11.3 Å². The number of hydrogen-bond acceptors (Lipinski definition) is 4. The van der Waals surface area contributed by atoms with Crippen molar-refractivity contribution in [1.82, 2.24) is 5.32 Å². The van der Waals surface area contributed by atoms with Gasteiger partial charge in [0.15, 0.2) is 5.96 Å². The van der Waals surface area contributed by atoms with Gasteiger partial charge in [-0.25, -0.2) is 4.79 Å². The minimum absolute atomic E-state index is 0.0241. The molecule has 6 nitrogen and oxygen atoms in total. The van der Waals surface area contributed by atoms with Crippen LogP contribution in [0.4, 0.5) is 4.79 Å². The Hall–Kier alpha value is -2.08. The van der Waals surface area contributed by atoms with Gasteiger partial charge in [-0.05, 0) is 18.4 Å². The molecule has 4 N–H and O–H groups in total. The van der Waals surface area contributed by atoms with Crippen LogP contribution in [0.3, 0.4) is 0 Å². The van der Waals surface area contributed by atoms with E-state index in [4.69, 9.17) is 15.6 Å². The molecule has 0 saturated heterocycles. The number of hydrogen-bond donors (Lipinski definition) is 3. The first-order chi connectivity index (χ1) is 9.22. The summed E-state index contributed by atoms with van der Waals surface area (Å²) in [5.74, 6) is 0.0241. The maximum atomic E-state index is 11.4. The molecular formula is C13H19N3O3. The molecule has 0 fully saturated rings. The first-order valence-corrected chi connectivity index (χ1v) is 6.11. The van der Waals surface area contributed by atoms with Gasteiger partial charge in [0.2, 0.25) is 0 Å². The lowest BCUT2D eigenvalue weighted by Crippen LogP contribution is -2.37. The molecule has 0 aromatic heterocycles. The second kappa shape index (κ2) is 8.93. The minimum atomic E-state index is -0.632. The molecule has 1 aromatic carbocycles. The molecule has 0 spiro atoms. The average molecular weight is 265 g/mol. The number of carbonyl (C=O) groups is 1. The van der Waals surface area contributed by atoms with Crippen LogP contribution in [0.2, 0.25) is 0 Å². The van der Waals surface area contributed by atoms with Gasteiger partial charge in [0.05, 0.1) is 0 Å². The number of carbonyl (C=O) groups excluding carboxylic acids is 1. The predicted molar refractivity (Wildman–Crippen MR) is 72.6 cm³/mol. The molecule has 0 saturated carbocycles. The van der Waals surface area contributed by atoms with Crippen LogP contribution in [0.25, 0.3) is 0 Å². The summed E-state index contributed by atoms with van der Waals surface area (Å²) < 4.78 is 4.98. The second-order valence-corrected chi connectivity index (χ2v) is 3.88. The van der Waals surface area contributed by atoms with Crippen molar-refractivity contribution in [3.8, 4) is 0 Å². The Morgan fingerprint density at radius 1 is 1.32 bits per heavy atom. The molecule has 0 aliphatic heterocycles. The lowest BCUT2D eigenvalue weighted by Gasteiger charge is -2.06. The summed E-state index contributed by atoms with van der Waals surface area (Å²) >= 11 is 0. The van der Waals surface area contributed by atoms with Gasteiger partial charge in [0.1, 0.15) is 6.61 Å². The van der Waals surface area contributed by atoms with E-state index in [1.807, 2.05) is 30.3 Å². The smallest absolute Gasteiger partial charge is 0.414 e.